The SMILES string of the molecule is O=C(COC(=O)c1ccc(N2C(=O)[C@@H]3[C@@H](C2=O)[C@H]2C=C[C@H]3C2)cc1)Nc1ccc(Br)c(Cl)c1. The Balaban J connectivity index is 1.20. The van der Waals surface area contributed by atoms with Gasteiger partial charge in [-0.3, -0.25) is 19.3 Å². The topological polar surface area (TPSA) is 92.8 Å². The van der Waals surface area contributed by atoms with Crippen LogP contribution in [0.15, 0.2) is 59.1 Å². The molecule has 2 aromatic rings. The first-order valence-electron chi connectivity index (χ1n) is 10.4. The summed E-state index contributed by atoms with van der Waals surface area (Å²) in [6.45, 7) is -0.476. The van der Waals surface area contributed by atoms with Gasteiger partial charge in [0.25, 0.3) is 5.91 Å². The van der Waals surface area contributed by atoms with Gasteiger partial charge in [-0.25, -0.2) is 4.79 Å². The van der Waals surface area contributed by atoms with E-state index in [1.165, 1.54) is 17.0 Å². The summed E-state index contributed by atoms with van der Waals surface area (Å²) >= 11 is 9.26. The van der Waals surface area contributed by atoms with Crippen LogP contribution in [-0.4, -0.2) is 30.3 Å². The number of imide groups is 1. The lowest BCUT2D eigenvalue weighted by molar-refractivity contribution is -0.123. The van der Waals surface area contributed by atoms with Gasteiger partial charge in [0.15, 0.2) is 6.61 Å². The van der Waals surface area contributed by atoms with Crippen LogP contribution in [-0.2, 0) is 19.1 Å². The van der Waals surface area contributed by atoms with Crippen molar-refractivity contribution < 1.29 is 23.9 Å². The Kier molecular flexibility index (Phi) is 5.58. The fourth-order valence-corrected chi connectivity index (χ4v) is 5.32. The Hall–Kier alpha value is -2.97. The molecule has 4 atom stereocenters. The summed E-state index contributed by atoms with van der Waals surface area (Å²) in [5.74, 6) is -1.85. The lowest BCUT2D eigenvalue weighted by atomic mass is 9.85. The first-order chi connectivity index (χ1) is 15.8. The van der Waals surface area contributed by atoms with E-state index in [1.807, 2.05) is 12.2 Å². The Morgan fingerprint density at radius 3 is 2.27 bits per heavy atom. The molecule has 2 bridgehead atoms. The number of nitrogens with one attached hydrogen (secondary N) is 1. The highest BCUT2D eigenvalue weighted by Crippen LogP contribution is 2.53. The minimum atomic E-state index is -0.691. The van der Waals surface area contributed by atoms with Gasteiger partial charge in [0.05, 0.1) is 28.1 Å². The van der Waals surface area contributed by atoms with Crippen molar-refractivity contribution in [2.45, 2.75) is 6.42 Å². The van der Waals surface area contributed by atoms with Crippen LogP contribution in [0.1, 0.15) is 16.8 Å². The number of hydrogen-bond acceptors (Lipinski definition) is 5. The maximum atomic E-state index is 12.9. The molecule has 33 heavy (non-hydrogen) atoms. The molecule has 1 N–H and O–H groups in total. The van der Waals surface area contributed by atoms with Crippen LogP contribution in [0.2, 0.25) is 5.02 Å². The number of carbonyl (C=O) groups is 4. The molecule has 1 aliphatic heterocycles. The van der Waals surface area contributed by atoms with Crippen LogP contribution in [0.5, 0.6) is 0 Å². The average Bonchev–Trinajstić information content (AvgIpc) is 3.48. The lowest BCUT2D eigenvalue weighted by Gasteiger charge is -2.17. The molecule has 0 radical (unpaired) electrons. The summed E-state index contributed by atoms with van der Waals surface area (Å²) < 4.78 is 5.77. The lowest BCUT2D eigenvalue weighted by Crippen LogP contribution is -2.32. The molecule has 2 fully saturated rings. The van der Waals surface area contributed by atoms with E-state index in [2.05, 4.69) is 21.2 Å². The molecule has 3 aliphatic rings. The van der Waals surface area contributed by atoms with E-state index < -0.39 is 18.5 Å². The van der Waals surface area contributed by atoms with Crippen LogP contribution < -0.4 is 10.2 Å². The molecule has 1 saturated heterocycles. The number of halogens is 2. The van der Waals surface area contributed by atoms with Crippen LogP contribution in [0.4, 0.5) is 11.4 Å². The van der Waals surface area contributed by atoms with E-state index >= 15 is 0 Å². The van der Waals surface area contributed by atoms with Crippen LogP contribution in [0.25, 0.3) is 0 Å². The Bertz CT molecular complexity index is 1180. The molecule has 168 valence electrons. The van der Waals surface area contributed by atoms with Crippen molar-refractivity contribution in [3.05, 3.63) is 69.7 Å². The molecular weight excluding hydrogens is 512 g/mol. The maximum absolute atomic E-state index is 12.9. The van der Waals surface area contributed by atoms with Crippen LogP contribution >= 0.6 is 27.5 Å². The fraction of sp³-hybridized carbons (Fsp3) is 0.250. The van der Waals surface area contributed by atoms with Gasteiger partial charge in [0, 0.05) is 10.2 Å². The third kappa shape index (κ3) is 3.87. The van der Waals surface area contributed by atoms with Crippen LogP contribution in [0.3, 0.4) is 0 Å². The monoisotopic (exact) mass is 528 g/mol. The number of carbonyl (C=O) groups excluding carboxylic acids is 4. The summed E-state index contributed by atoms with van der Waals surface area (Å²) in [5.41, 5.74) is 1.11. The summed E-state index contributed by atoms with van der Waals surface area (Å²) in [5, 5.41) is 3.03. The highest BCUT2D eigenvalue weighted by molar-refractivity contribution is 9.10. The van der Waals surface area contributed by atoms with E-state index in [9.17, 15) is 19.2 Å². The molecule has 3 amide bonds. The molecule has 0 unspecified atom stereocenters. The van der Waals surface area contributed by atoms with E-state index in [1.54, 1.807) is 30.3 Å². The van der Waals surface area contributed by atoms with E-state index in [0.717, 1.165) is 6.42 Å². The van der Waals surface area contributed by atoms with Gasteiger partial charge in [0.1, 0.15) is 0 Å². The van der Waals surface area contributed by atoms with E-state index in [4.69, 9.17) is 16.3 Å². The molecule has 7 nitrogen and oxygen atoms in total. The second kappa shape index (κ2) is 8.43. The Morgan fingerprint density at radius 1 is 1.03 bits per heavy atom. The molecule has 0 spiro atoms. The second-order valence-corrected chi connectivity index (χ2v) is 9.57. The second-order valence-electron chi connectivity index (χ2n) is 8.31. The molecule has 1 saturated carbocycles. The summed E-state index contributed by atoms with van der Waals surface area (Å²) in [4.78, 5) is 51.4. The molecular formula is C24H18BrClN2O5. The number of hydrogen-bond donors (Lipinski definition) is 1. The summed E-state index contributed by atoms with van der Waals surface area (Å²) in [6, 6.07) is 11.0. The Labute approximate surface area is 202 Å². The third-order valence-corrected chi connectivity index (χ3v) is 7.60. The normalized spacial score (nSPS) is 24.8. The van der Waals surface area contributed by atoms with Crippen molar-refractivity contribution in [1.82, 2.24) is 0 Å². The minimum absolute atomic E-state index is 0.135. The first kappa shape index (κ1) is 21.9. The van der Waals surface area contributed by atoms with Crippen molar-refractivity contribution in [2.24, 2.45) is 23.7 Å². The molecule has 9 heteroatoms. The number of nitrogens with zero attached hydrogens (tertiary/aromatic N) is 1. The van der Waals surface area contributed by atoms with E-state index in [-0.39, 0.29) is 41.0 Å². The molecule has 0 aromatic heterocycles. The summed E-state index contributed by atoms with van der Waals surface area (Å²) in [7, 11) is 0. The zero-order valence-electron chi connectivity index (χ0n) is 17.2. The van der Waals surface area contributed by atoms with Crippen molar-refractivity contribution in [3.63, 3.8) is 0 Å². The predicted octanol–water partition coefficient (Wildman–Crippen LogP) is 4.21. The molecule has 2 aromatic carbocycles. The average molecular weight is 530 g/mol. The highest BCUT2D eigenvalue weighted by Gasteiger charge is 2.59. The molecule has 5 rings (SSSR count). The fourth-order valence-electron chi connectivity index (χ4n) is 4.89. The number of amides is 3. The van der Waals surface area contributed by atoms with Gasteiger partial charge in [-0.15, -0.1) is 0 Å². The first-order valence-corrected chi connectivity index (χ1v) is 11.6. The number of allylic oxidation sites excluding steroid dienone is 2. The van der Waals surface area contributed by atoms with Crippen molar-refractivity contribution >= 4 is 62.6 Å². The largest absolute Gasteiger partial charge is 0.452 e. The van der Waals surface area contributed by atoms with Crippen molar-refractivity contribution in [3.8, 4) is 0 Å². The van der Waals surface area contributed by atoms with Crippen molar-refractivity contribution in [2.75, 3.05) is 16.8 Å². The smallest absolute Gasteiger partial charge is 0.338 e. The highest BCUT2D eigenvalue weighted by atomic mass is 79.9. The number of benzene rings is 2. The van der Waals surface area contributed by atoms with Gasteiger partial charge in [-0.2, -0.15) is 0 Å². The van der Waals surface area contributed by atoms with Gasteiger partial charge < -0.3 is 10.1 Å². The number of anilines is 2. The van der Waals surface area contributed by atoms with Gasteiger partial charge in [-0.1, -0.05) is 23.8 Å². The zero-order chi connectivity index (χ0) is 23.3. The summed E-state index contributed by atoms with van der Waals surface area (Å²) in [6.07, 6.45) is 4.95. The molecule has 1 heterocycles. The maximum Gasteiger partial charge on any atom is 0.338 e. The van der Waals surface area contributed by atoms with Gasteiger partial charge in [-0.05, 0) is 76.7 Å². The van der Waals surface area contributed by atoms with Crippen LogP contribution in [0, 0.1) is 23.7 Å². The predicted molar refractivity (Wildman–Crippen MR) is 125 cm³/mol. The van der Waals surface area contributed by atoms with Crippen molar-refractivity contribution in [1.29, 1.82) is 0 Å². The number of rotatable bonds is 5. The standard InChI is InChI=1S/C24H18BrClN2O5/c25-17-8-5-15(10-18(17)26)27-19(29)11-33-24(32)12-3-6-16(7-4-12)28-22(30)20-13-1-2-14(9-13)21(20)23(28)31/h1-8,10,13-14,20-21H,9,11H2,(H,27,29)/t13-,14-,20-,21-/m0/s1. The van der Waals surface area contributed by atoms with Gasteiger partial charge in [0.2, 0.25) is 11.8 Å². The minimum Gasteiger partial charge on any atom is -0.452 e. The quantitative estimate of drug-likeness (QED) is 0.356. The van der Waals surface area contributed by atoms with Gasteiger partial charge >= 0.3 is 5.97 Å². The third-order valence-electron chi connectivity index (χ3n) is 6.37. The Morgan fingerprint density at radius 2 is 1.67 bits per heavy atom. The van der Waals surface area contributed by atoms with E-state index in [0.29, 0.717) is 20.9 Å². The molecule has 2 aliphatic carbocycles. The number of fused-ring (bicyclic) bond motifs is 5. The zero-order valence-corrected chi connectivity index (χ0v) is 19.5. The number of ether oxygens (including phenoxy) is 1. The number of esters is 1.